The van der Waals surface area contributed by atoms with Crippen LogP contribution in [0.5, 0.6) is 5.75 Å². The van der Waals surface area contributed by atoms with E-state index in [4.69, 9.17) is 15.6 Å². The van der Waals surface area contributed by atoms with E-state index in [-0.39, 0.29) is 11.5 Å². The van der Waals surface area contributed by atoms with E-state index in [1.54, 1.807) is 18.6 Å². The average molecular weight is 376 g/mol. The zero-order valence-corrected chi connectivity index (χ0v) is 15.9. The molecule has 0 amide bonds. The monoisotopic (exact) mass is 376 g/mol. The molecule has 1 saturated heterocycles. The Balaban J connectivity index is 1.44. The van der Waals surface area contributed by atoms with E-state index in [1.165, 1.54) is 18.5 Å². The highest BCUT2D eigenvalue weighted by atomic mass is 16.5. The smallest absolute Gasteiger partial charge is 0.166 e. The third-order valence-electron chi connectivity index (χ3n) is 6.03. The van der Waals surface area contributed by atoms with Crippen LogP contribution in [0.2, 0.25) is 0 Å². The van der Waals surface area contributed by atoms with Crippen LogP contribution in [0.25, 0.3) is 11.3 Å². The average Bonchev–Trinajstić information content (AvgIpc) is 3.43. The zero-order chi connectivity index (χ0) is 19.1. The Kier molecular flexibility index (Phi) is 4.05. The number of nitrogens with two attached hydrogens (primary N) is 1. The summed E-state index contributed by atoms with van der Waals surface area (Å²) in [6, 6.07) is 8.03. The van der Waals surface area contributed by atoms with Crippen molar-refractivity contribution in [2.75, 3.05) is 18.8 Å². The summed E-state index contributed by atoms with van der Waals surface area (Å²) in [6.45, 7) is 5.08. The van der Waals surface area contributed by atoms with Gasteiger partial charge in [-0.2, -0.15) is 5.10 Å². The second-order valence-corrected chi connectivity index (χ2v) is 7.74. The van der Waals surface area contributed by atoms with Gasteiger partial charge in [0, 0.05) is 48.4 Å². The van der Waals surface area contributed by atoms with Gasteiger partial charge in [0.2, 0.25) is 0 Å². The second-order valence-electron chi connectivity index (χ2n) is 7.74. The largest absolute Gasteiger partial charge is 0.482 e. The summed E-state index contributed by atoms with van der Waals surface area (Å²) in [7, 11) is 0. The summed E-state index contributed by atoms with van der Waals surface area (Å²) in [5.74, 6) is 0.958. The summed E-state index contributed by atoms with van der Waals surface area (Å²) in [5.41, 5.74) is 10.5. The number of nitrogen functional groups attached to an aromatic ring is 1. The highest BCUT2D eigenvalue weighted by Crippen LogP contribution is 2.41. The lowest BCUT2D eigenvalue weighted by Gasteiger charge is -2.20. The SMILES string of the molecule is C[C@@H](Oc1cc(-c2cc3n(n2)CCC32CCNC2)cnc1N)c1ccncc1. The van der Waals surface area contributed by atoms with Gasteiger partial charge in [-0.25, -0.2) is 4.98 Å². The van der Waals surface area contributed by atoms with Crippen molar-refractivity contribution in [1.29, 1.82) is 0 Å². The fourth-order valence-corrected chi connectivity index (χ4v) is 4.36. The minimum atomic E-state index is -0.151. The molecule has 5 heterocycles. The Morgan fingerprint density at radius 1 is 1.25 bits per heavy atom. The van der Waals surface area contributed by atoms with Gasteiger partial charge in [0.15, 0.2) is 11.6 Å². The van der Waals surface area contributed by atoms with Gasteiger partial charge in [-0.3, -0.25) is 9.67 Å². The molecule has 0 radical (unpaired) electrons. The number of aromatic nitrogens is 4. The molecular formula is C21H24N6O. The van der Waals surface area contributed by atoms with Gasteiger partial charge < -0.3 is 15.8 Å². The van der Waals surface area contributed by atoms with E-state index >= 15 is 0 Å². The molecule has 1 spiro atoms. The molecule has 2 aliphatic heterocycles. The number of hydrogen-bond acceptors (Lipinski definition) is 6. The lowest BCUT2D eigenvalue weighted by molar-refractivity contribution is 0.227. The first-order valence-corrected chi connectivity index (χ1v) is 9.76. The molecule has 3 aromatic heterocycles. The van der Waals surface area contributed by atoms with Gasteiger partial charge in [-0.05, 0) is 56.1 Å². The molecule has 28 heavy (non-hydrogen) atoms. The predicted octanol–water partition coefficient (Wildman–Crippen LogP) is 2.70. The number of pyridine rings is 2. The molecule has 2 aliphatic rings. The van der Waals surface area contributed by atoms with E-state index < -0.39 is 0 Å². The molecule has 7 nitrogen and oxygen atoms in total. The number of fused-ring (bicyclic) bond motifs is 2. The van der Waals surface area contributed by atoms with E-state index in [0.29, 0.717) is 11.6 Å². The summed E-state index contributed by atoms with van der Waals surface area (Å²) in [5, 5.41) is 8.34. The van der Waals surface area contributed by atoms with E-state index in [1.807, 2.05) is 25.1 Å². The third kappa shape index (κ3) is 2.82. The van der Waals surface area contributed by atoms with Crippen LogP contribution < -0.4 is 15.8 Å². The normalized spacial score (nSPS) is 21.8. The minimum Gasteiger partial charge on any atom is -0.482 e. The Bertz CT molecular complexity index is 993. The quantitative estimate of drug-likeness (QED) is 0.728. The molecule has 3 aromatic rings. The maximum atomic E-state index is 6.10. The maximum absolute atomic E-state index is 6.10. The van der Waals surface area contributed by atoms with Crippen molar-refractivity contribution < 1.29 is 4.74 Å². The highest BCUT2D eigenvalue weighted by Gasteiger charge is 2.42. The number of rotatable bonds is 4. The van der Waals surface area contributed by atoms with E-state index in [9.17, 15) is 0 Å². The molecule has 0 saturated carbocycles. The van der Waals surface area contributed by atoms with Crippen LogP contribution >= 0.6 is 0 Å². The molecule has 0 aliphatic carbocycles. The molecule has 144 valence electrons. The van der Waals surface area contributed by atoms with Crippen LogP contribution in [0.3, 0.4) is 0 Å². The first kappa shape index (κ1) is 17.2. The number of nitrogens with zero attached hydrogens (tertiary/aromatic N) is 4. The molecule has 3 N–H and O–H groups in total. The number of aryl methyl sites for hydroxylation is 1. The van der Waals surface area contributed by atoms with Crippen molar-refractivity contribution in [3.05, 3.63) is 54.1 Å². The Morgan fingerprint density at radius 3 is 2.89 bits per heavy atom. The predicted molar refractivity (Wildman–Crippen MR) is 107 cm³/mol. The van der Waals surface area contributed by atoms with Crippen LogP contribution in [-0.2, 0) is 12.0 Å². The maximum Gasteiger partial charge on any atom is 0.166 e. The topological polar surface area (TPSA) is 90.9 Å². The summed E-state index contributed by atoms with van der Waals surface area (Å²) in [4.78, 5) is 8.41. The van der Waals surface area contributed by atoms with Crippen molar-refractivity contribution in [2.45, 2.75) is 37.8 Å². The van der Waals surface area contributed by atoms with Crippen molar-refractivity contribution >= 4 is 5.82 Å². The van der Waals surface area contributed by atoms with Crippen molar-refractivity contribution in [2.24, 2.45) is 0 Å². The third-order valence-corrected chi connectivity index (χ3v) is 6.03. The van der Waals surface area contributed by atoms with E-state index in [2.05, 4.69) is 26.0 Å². The first-order valence-electron chi connectivity index (χ1n) is 9.76. The van der Waals surface area contributed by atoms with Crippen molar-refractivity contribution in [1.82, 2.24) is 25.1 Å². The highest BCUT2D eigenvalue weighted by molar-refractivity contribution is 5.64. The van der Waals surface area contributed by atoms with Crippen LogP contribution in [0.1, 0.15) is 37.1 Å². The summed E-state index contributed by atoms with van der Waals surface area (Å²) < 4.78 is 8.26. The Morgan fingerprint density at radius 2 is 2.11 bits per heavy atom. The Hall–Kier alpha value is -2.93. The minimum absolute atomic E-state index is 0.151. The van der Waals surface area contributed by atoms with Crippen LogP contribution in [0.4, 0.5) is 5.82 Å². The van der Waals surface area contributed by atoms with Gasteiger partial charge >= 0.3 is 0 Å². The molecule has 1 unspecified atom stereocenters. The van der Waals surface area contributed by atoms with Crippen LogP contribution in [-0.4, -0.2) is 32.8 Å². The fourth-order valence-electron chi connectivity index (χ4n) is 4.36. The molecule has 0 aromatic carbocycles. The molecule has 2 atom stereocenters. The number of hydrogen-bond donors (Lipinski definition) is 2. The van der Waals surface area contributed by atoms with Gasteiger partial charge in [0.05, 0.1) is 5.69 Å². The molecule has 0 bridgehead atoms. The number of ether oxygens (including phenoxy) is 1. The van der Waals surface area contributed by atoms with Crippen LogP contribution in [0, 0.1) is 0 Å². The van der Waals surface area contributed by atoms with Crippen LogP contribution in [0.15, 0.2) is 42.9 Å². The van der Waals surface area contributed by atoms with Crippen molar-refractivity contribution in [3.63, 3.8) is 0 Å². The van der Waals surface area contributed by atoms with Gasteiger partial charge in [-0.1, -0.05) is 0 Å². The summed E-state index contributed by atoms with van der Waals surface area (Å²) >= 11 is 0. The first-order chi connectivity index (χ1) is 13.6. The fraction of sp³-hybridized carbons (Fsp3) is 0.381. The Labute approximate surface area is 164 Å². The zero-order valence-electron chi connectivity index (χ0n) is 15.9. The molecule has 7 heteroatoms. The molecular weight excluding hydrogens is 352 g/mol. The van der Waals surface area contributed by atoms with E-state index in [0.717, 1.165) is 36.5 Å². The standard InChI is InChI=1S/C21H24N6O/c1-14(15-2-6-23-7-3-15)28-18-10-16(12-25-20(18)22)17-11-19-21(4-8-24-13-21)5-9-27(19)26-17/h2-3,6-7,10-12,14,24H,4-5,8-9,13H2,1H3,(H2,22,25)/t14-,21?/m1/s1. The van der Waals surface area contributed by atoms with Gasteiger partial charge in [0.1, 0.15) is 6.10 Å². The second kappa shape index (κ2) is 6.60. The number of nitrogens with one attached hydrogen (secondary N) is 1. The summed E-state index contributed by atoms with van der Waals surface area (Å²) in [6.07, 6.45) is 7.48. The lowest BCUT2D eigenvalue weighted by Crippen LogP contribution is -2.25. The van der Waals surface area contributed by atoms with Gasteiger partial charge in [-0.15, -0.1) is 0 Å². The molecule has 5 rings (SSSR count). The lowest BCUT2D eigenvalue weighted by atomic mass is 9.82. The number of anilines is 1. The molecule has 1 fully saturated rings. The van der Waals surface area contributed by atoms with Gasteiger partial charge in [0.25, 0.3) is 0 Å². The van der Waals surface area contributed by atoms with Crippen molar-refractivity contribution in [3.8, 4) is 17.0 Å².